The molecule has 0 aliphatic heterocycles. The second kappa shape index (κ2) is 4.61. The van der Waals surface area contributed by atoms with Gasteiger partial charge in [-0.05, 0) is 37.2 Å². The van der Waals surface area contributed by atoms with Gasteiger partial charge in [-0.15, -0.1) is 0 Å². The summed E-state index contributed by atoms with van der Waals surface area (Å²) in [5.41, 5.74) is 9.24. The van der Waals surface area contributed by atoms with Crippen LogP contribution < -0.4 is 5.73 Å². The van der Waals surface area contributed by atoms with E-state index in [1.807, 2.05) is 0 Å². The fourth-order valence-corrected chi connectivity index (χ4v) is 2.36. The monoisotopic (exact) mass is 188 g/mol. The van der Waals surface area contributed by atoms with Crippen molar-refractivity contribution in [2.75, 3.05) is 0 Å². The minimum atomic E-state index is 0.198. The first-order chi connectivity index (χ1) is 6.86. The van der Waals surface area contributed by atoms with E-state index in [1.54, 1.807) is 0 Å². The lowest BCUT2D eigenvalue weighted by Crippen LogP contribution is -2.06. The van der Waals surface area contributed by atoms with Crippen LogP contribution >= 0.6 is 0 Å². The third-order valence-electron chi connectivity index (χ3n) is 3.24. The van der Waals surface area contributed by atoms with Crippen molar-refractivity contribution in [3.63, 3.8) is 0 Å². The average molecular weight is 188 g/mol. The van der Waals surface area contributed by atoms with Crippen LogP contribution in [-0.4, -0.2) is 6.04 Å². The highest BCUT2D eigenvalue weighted by atomic mass is 14.6. The molecule has 1 radical (unpaired) electrons. The molecule has 0 amide bonds. The van der Waals surface area contributed by atoms with Gasteiger partial charge in [-0.2, -0.15) is 0 Å². The Kier molecular flexibility index (Phi) is 3.20. The summed E-state index contributed by atoms with van der Waals surface area (Å²) in [6, 6.07) is 11.0. The van der Waals surface area contributed by atoms with Gasteiger partial charge in [-0.3, -0.25) is 5.73 Å². The van der Waals surface area contributed by atoms with Gasteiger partial charge in [-0.1, -0.05) is 36.8 Å². The topological polar surface area (TPSA) is 23.8 Å². The molecule has 1 aromatic carbocycles. The summed E-state index contributed by atoms with van der Waals surface area (Å²) in [5, 5.41) is 0. The van der Waals surface area contributed by atoms with Gasteiger partial charge in [0.1, 0.15) is 0 Å². The Balaban J connectivity index is 2.04. The third kappa shape index (κ3) is 2.36. The predicted octanol–water partition coefficient (Wildman–Crippen LogP) is 3.39. The molecule has 14 heavy (non-hydrogen) atoms. The van der Waals surface area contributed by atoms with Gasteiger partial charge in [0.15, 0.2) is 0 Å². The Labute approximate surface area is 86.3 Å². The van der Waals surface area contributed by atoms with Crippen LogP contribution in [0.2, 0.25) is 0 Å². The summed E-state index contributed by atoms with van der Waals surface area (Å²) in [5.74, 6) is 0.714. The molecule has 1 fully saturated rings. The summed E-state index contributed by atoms with van der Waals surface area (Å²) in [7, 11) is 0. The van der Waals surface area contributed by atoms with Crippen molar-refractivity contribution < 1.29 is 0 Å². The van der Waals surface area contributed by atoms with Crippen LogP contribution in [0, 0.1) is 0 Å². The lowest BCUT2D eigenvalue weighted by atomic mass is 9.92. The summed E-state index contributed by atoms with van der Waals surface area (Å²) >= 11 is 0. The molecule has 1 heteroatoms. The maximum Gasteiger partial charge on any atom is 0.0213 e. The first-order valence-corrected chi connectivity index (χ1v) is 5.62. The van der Waals surface area contributed by atoms with E-state index in [2.05, 4.69) is 30.3 Å². The van der Waals surface area contributed by atoms with Crippen molar-refractivity contribution in [2.45, 2.75) is 44.1 Å². The second-order valence-corrected chi connectivity index (χ2v) is 4.31. The van der Waals surface area contributed by atoms with Crippen LogP contribution in [0.5, 0.6) is 0 Å². The average Bonchev–Trinajstić information content (AvgIpc) is 2.44. The van der Waals surface area contributed by atoms with E-state index in [4.69, 9.17) is 5.73 Å². The van der Waals surface area contributed by atoms with Crippen LogP contribution in [0.25, 0.3) is 0 Å². The van der Waals surface area contributed by atoms with E-state index in [0.29, 0.717) is 5.92 Å². The van der Waals surface area contributed by atoms with Crippen molar-refractivity contribution in [3.05, 3.63) is 35.9 Å². The van der Waals surface area contributed by atoms with Crippen molar-refractivity contribution in [1.82, 2.24) is 5.73 Å². The standard InChI is InChI=1S/C13H18N/c14-13-8-4-7-12(9-10-13)11-5-2-1-3-6-11/h1-3,5-6,12-14H,4,7-10H2. The van der Waals surface area contributed by atoms with E-state index in [0.717, 1.165) is 12.8 Å². The third-order valence-corrected chi connectivity index (χ3v) is 3.24. The highest BCUT2D eigenvalue weighted by molar-refractivity contribution is 5.19. The molecule has 0 aromatic heterocycles. The Morgan fingerprint density at radius 2 is 1.71 bits per heavy atom. The maximum atomic E-state index is 7.76. The fourth-order valence-electron chi connectivity index (χ4n) is 2.36. The van der Waals surface area contributed by atoms with Crippen LogP contribution in [-0.2, 0) is 0 Å². The summed E-state index contributed by atoms with van der Waals surface area (Å²) in [6.45, 7) is 0. The molecule has 0 bridgehead atoms. The first kappa shape index (κ1) is 9.72. The van der Waals surface area contributed by atoms with Crippen molar-refractivity contribution in [3.8, 4) is 0 Å². The van der Waals surface area contributed by atoms with Crippen molar-refractivity contribution in [1.29, 1.82) is 0 Å². The summed E-state index contributed by atoms with van der Waals surface area (Å²) in [4.78, 5) is 0. The molecule has 0 heterocycles. The molecule has 1 aliphatic rings. The summed E-state index contributed by atoms with van der Waals surface area (Å²) in [6.07, 6.45) is 5.90. The Bertz CT molecular complexity index is 268. The van der Waals surface area contributed by atoms with Gasteiger partial charge >= 0.3 is 0 Å². The van der Waals surface area contributed by atoms with E-state index < -0.39 is 0 Å². The number of benzene rings is 1. The van der Waals surface area contributed by atoms with Gasteiger partial charge in [0, 0.05) is 6.04 Å². The SMILES string of the molecule is [NH]C1CCCC(c2ccccc2)CC1. The molecular weight excluding hydrogens is 170 g/mol. The van der Waals surface area contributed by atoms with Gasteiger partial charge in [0.25, 0.3) is 0 Å². The molecule has 1 aromatic rings. The molecule has 0 saturated heterocycles. The van der Waals surface area contributed by atoms with Crippen molar-refractivity contribution in [2.24, 2.45) is 0 Å². The Hall–Kier alpha value is -0.820. The Morgan fingerprint density at radius 1 is 0.929 bits per heavy atom. The highest BCUT2D eigenvalue weighted by Crippen LogP contribution is 2.31. The lowest BCUT2D eigenvalue weighted by Gasteiger charge is -2.13. The van der Waals surface area contributed by atoms with Crippen LogP contribution in [0.4, 0.5) is 0 Å². The minimum absolute atomic E-state index is 0.198. The molecule has 1 N–H and O–H groups in total. The summed E-state index contributed by atoms with van der Waals surface area (Å²) < 4.78 is 0. The normalized spacial score (nSPS) is 28.4. The second-order valence-electron chi connectivity index (χ2n) is 4.31. The molecule has 1 aliphatic carbocycles. The smallest absolute Gasteiger partial charge is 0.0213 e. The quantitative estimate of drug-likeness (QED) is 0.603. The molecule has 1 nitrogen and oxygen atoms in total. The van der Waals surface area contributed by atoms with Gasteiger partial charge in [0.2, 0.25) is 0 Å². The highest BCUT2D eigenvalue weighted by Gasteiger charge is 2.17. The molecule has 2 atom stereocenters. The number of nitrogens with one attached hydrogen (secondary N) is 1. The van der Waals surface area contributed by atoms with Crippen LogP contribution in [0.15, 0.2) is 30.3 Å². The number of rotatable bonds is 1. The zero-order valence-corrected chi connectivity index (χ0v) is 8.58. The zero-order valence-electron chi connectivity index (χ0n) is 8.58. The lowest BCUT2D eigenvalue weighted by molar-refractivity contribution is 0.557. The van der Waals surface area contributed by atoms with E-state index in [-0.39, 0.29) is 6.04 Å². The van der Waals surface area contributed by atoms with E-state index >= 15 is 0 Å². The largest absolute Gasteiger partial charge is 0.255 e. The van der Waals surface area contributed by atoms with E-state index in [9.17, 15) is 0 Å². The van der Waals surface area contributed by atoms with Gasteiger partial charge < -0.3 is 0 Å². The molecule has 1 saturated carbocycles. The Morgan fingerprint density at radius 3 is 2.50 bits per heavy atom. The number of hydrogen-bond donors (Lipinski definition) is 0. The van der Waals surface area contributed by atoms with Crippen LogP contribution in [0.1, 0.15) is 43.6 Å². The molecule has 75 valence electrons. The van der Waals surface area contributed by atoms with Crippen LogP contribution in [0.3, 0.4) is 0 Å². The zero-order chi connectivity index (χ0) is 9.80. The molecule has 2 unspecified atom stereocenters. The molecule has 2 rings (SSSR count). The maximum absolute atomic E-state index is 7.76. The molecule has 0 spiro atoms. The number of hydrogen-bond acceptors (Lipinski definition) is 0. The predicted molar refractivity (Wildman–Crippen MR) is 59.2 cm³/mol. The fraction of sp³-hybridized carbons (Fsp3) is 0.538. The minimum Gasteiger partial charge on any atom is -0.255 e. The van der Waals surface area contributed by atoms with E-state index in [1.165, 1.54) is 24.8 Å². The van der Waals surface area contributed by atoms with Gasteiger partial charge in [-0.25, -0.2) is 0 Å². The van der Waals surface area contributed by atoms with Gasteiger partial charge in [0.05, 0.1) is 0 Å². The van der Waals surface area contributed by atoms with Crippen molar-refractivity contribution >= 4 is 0 Å². The first-order valence-electron chi connectivity index (χ1n) is 5.62. The molecular formula is C13H18N.